The van der Waals surface area contributed by atoms with E-state index >= 15 is 0 Å². The summed E-state index contributed by atoms with van der Waals surface area (Å²) in [7, 11) is 0. The molecule has 2 aromatic heterocycles. The van der Waals surface area contributed by atoms with E-state index in [4.69, 9.17) is 0 Å². The first-order chi connectivity index (χ1) is 26.3. The zero-order valence-electron chi connectivity index (χ0n) is 29.3. The molecule has 54 heavy (non-hydrogen) atoms. The first-order valence-electron chi connectivity index (χ1n) is 18.6. The molecular formula is C52H40N2. The zero-order chi connectivity index (χ0) is 34.9. The molecule has 11 rings (SSSR count). The van der Waals surface area contributed by atoms with Crippen LogP contribution in [0.3, 0.4) is 0 Å². The third-order valence-corrected chi connectivity index (χ3v) is 11.7. The molecule has 0 saturated carbocycles. The summed E-state index contributed by atoms with van der Waals surface area (Å²) in [5.74, 6) is 0. The predicted octanol–water partition coefficient (Wildman–Crippen LogP) is 13.0. The highest BCUT2D eigenvalue weighted by atomic mass is 15.0. The lowest BCUT2D eigenvalue weighted by Gasteiger charge is -2.34. The highest BCUT2D eigenvalue weighted by molar-refractivity contribution is 6.09. The number of fused-ring (bicyclic) bond motifs is 9. The monoisotopic (exact) mass is 692 g/mol. The maximum absolute atomic E-state index is 2.51. The number of hydrogen-bond acceptors (Lipinski definition) is 0. The summed E-state index contributed by atoms with van der Waals surface area (Å²) >= 11 is 0. The van der Waals surface area contributed by atoms with Crippen molar-refractivity contribution in [1.82, 2.24) is 9.13 Å². The SMILES string of the molecule is C.c1ccc(C2(c3ccccc3)c3cc(Cn4c5ccccc5c5ccccc54)ccc3-c3ccc(Cn4c5ccccc5c5ccccc54)cc32)cc1. The van der Waals surface area contributed by atoms with Crippen molar-refractivity contribution in [2.75, 3.05) is 0 Å². The molecule has 0 saturated heterocycles. The van der Waals surface area contributed by atoms with Gasteiger partial charge in [0, 0.05) is 56.7 Å². The normalized spacial score (nSPS) is 13.0. The summed E-state index contributed by atoms with van der Waals surface area (Å²) in [6.45, 7) is 1.58. The van der Waals surface area contributed by atoms with Crippen molar-refractivity contribution in [3.63, 3.8) is 0 Å². The molecule has 258 valence electrons. The average molecular weight is 693 g/mol. The Hall–Kier alpha value is -6.64. The van der Waals surface area contributed by atoms with E-state index in [1.165, 1.54) is 88.1 Å². The molecule has 8 aromatic carbocycles. The first kappa shape index (κ1) is 32.0. The van der Waals surface area contributed by atoms with Crippen molar-refractivity contribution in [3.05, 3.63) is 228 Å². The quantitative estimate of drug-likeness (QED) is 0.164. The molecule has 0 radical (unpaired) electrons. The van der Waals surface area contributed by atoms with Gasteiger partial charge in [0.05, 0.1) is 5.41 Å². The van der Waals surface area contributed by atoms with E-state index in [2.05, 4.69) is 203 Å². The van der Waals surface area contributed by atoms with Crippen LogP contribution in [0.1, 0.15) is 40.8 Å². The second-order valence-corrected chi connectivity index (χ2v) is 14.5. The number of nitrogens with zero attached hydrogens (tertiary/aromatic N) is 2. The summed E-state index contributed by atoms with van der Waals surface area (Å²) in [6, 6.07) is 72.1. The number of aromatic nitrogens is 2. The fourth-order valence-corrected chi connectivity index (χ4v) is 9.49. The van der Waals surface area contributed by atoms with Crippen LogP contribution in [0.5, 0.6) is 0 Å². The molecule has 0 atom stereocenters. The van der Waals surface area contributed by atoms with Crippen LogP contribution in [0.4, 0.5) is 0 Å². The molecule has 1 aliphatic carbocycles. The minimum Gasteiger partial charge on any atom is -0.336 e. The fraction of sp³-hybridized carbons (Fsp3) is 0.0769. The van der Waals surface area contributed by atoms with Gasteiger partial charge in [-0.3, -0.25) is 0 Å². The Kier molecular flexibility index (Phi) is 7.42. The van der Waals surface area contributed by atoms with Crippen LogP contribution in [-0.4, -0.2) is 9.13 Å². The Morgan fingerprint density at radius 3 is 1.00 bits per heavy atom. The maximum atomic E-state index is 2.51. The van der Waals surface area contributed by atoms with E-state index in [1.807, 2.05) is 0 Å². The van der Waals surface area contributed by atoms with Gasteiger partial charge in [-0.15, -0.1) is 0 Å². The van der Waals surface area contributed by atoms with Gasteiger partial charge in [0.15, 0.2) is 0 Å². The zero-order valence-corrected chi connectivity index (χ0v) is 29.3. The summed E-state index contributed by atoms with van der Waals surface area (Å²) in [5, 5.41) is 5.21. The van der Waals surface area contributed by atoms with E-state index in [0.717, 1.165) is 13.1 Å². The lowest BCUT2D eigenvalue weighted by Crippen LogP contribution is -2.29. The van der Waals surface area contributed by atoms with Crippen LogP contribution in [0, 0.1) is 0 Å². The molecule has 0 amide bonds. The third kappa shape index (κ3) is 4.60. The molecular weight excluding hydrogens is 653 g/mol. The molecule has 0 bridgehead atoms. The molecule has 0 unspecified atom stereocenters. The Morgan fingerprint density at radius 2 is 0.648 bits per heavy atom. The second-order valence-electron chi connectivity index (χ2n) is 14.5. The maximum Gasteiger partial charge on any atom is 0.0713 e. The number of hydrogen-bond donors (Lipinski definition) is 0. The van der Waals surface area contributed by atoms with Crippen molar-refractivity contribution < 1.29 is 0 Å². The second kappa shape index (κ2) is 12.5. The minimum atomic E-state index is -0.485. The number of rotatable bonds is 6. The average Bonchev–Trinajstić information content (AvgIpc) is 3.82. The van der Waals surface area contributed by atoms with E-state index in [0.29, 0.717) is 0 Å². The molecule has 1 aliphatic rings. The van der Waals surface area contributed by atoms with Gasteiger partial charge in [-0.25, -0.2) is 0 Å². The van der Waals surface area contributed by atoms with E-state index in [-0.39, 0.29) is 7.43 Å². The Bertz CT molecular complexity index is 2690. The molecule has 10 aromatic rings. The number of para-hydroxylation sites is 4. The van der Waals surface area contributed by atoms with Crippen LogP contribution in [-0.2, 0) is 18.5 Å². The predicted molar refractivity (Wildman–Crippen MR) is 228 cm³/mol. The van der Waals surface area contributed by atoms with Crippen molar-refractivity contribution in [3.8, 4) is 11.1 Å². The Morgan fingerprint density at radius 1 is 0.333 bits per heavy atom. The smallest absolute Gasteiger partial charge is 0.0713 e. The van der Waals surface area contributed by atoms with Gasteiger partial charge in [0.25, 0.3) is 0 Å². The van der Waals surface area contributed by atoms with Gasteiger partial charge in [0.2, 0.25) is 0 Å². The van der Waals surface area contributed by atoms with Crippen LogP contribution < -0.4 is 0 Å². The summed E-state index contributed by atoms with van der Waals surface area (Å²) in [4.78, 5) is 0. The summed E-state index contributed by atoms with van der Waals surface area (Å²) in [6.07, 6.45) is 0. The molecule has 2 heterocycles. The van der Waals surface area contributed by atoms with Gasteiger partial charge >= 0.3 is 0 Å². The topological polar surface area (TPSA) is 9.86 Å². The van der Waals surface area contributed by atoms with Crippen molar-refractivity contribution in [2.45, 2.75) is 25.9 Å². The van der Waals surface area contributed by atoms with Gasteiger partial charge < -0.3 is 9.13 Å². The van der Waals surface area contributed by atoms with Crippen molar-refractivity contribution in [1.29, 1.82) is 0 Å². The number of benzene rings is 8. The fourth-order valence-electron chi connectivity index (χ4n) is 9.49. The van der Waals surface area contributed by atoms with Crippen LogP contribution >= 0.6 is 0 Å². The van der Waals surface area contributed by atoms with Gasteiger partial charge in [-0.05, 0) is 68.8 Å². The molecule has 2 heteroatoms. The Labute approximate surface area is 316 Å². The largest absolute Gasteiger partial charge is 0.336 e. The van der Waals surface area contributed by atoms with Crippen molar-refractivity contribution in [2.24, 2.45) is 0 Å². The highest BCUT2D eigenvalue weighted by Crippen LogP contribution is 2.56. The third-order valence-electron chi connectivity index (χ3n) is 11.7. The van der Waals surface area contributed by atoms with E-state index < -0.39 is 5.41 Å². The van der Waals surface area contributed by atoms with Crippen molar-refractivity contribution >= 4 is 43.6 Å². The molecule has 0 N–H and O–H groups in total. The first-order valence-corrected chi connectivity index (χ1v) is 18.6. The molecule has 0 aliphatic heterocycles. The lowest BCUT2D eigenvalue weighted by molar-refractivity contribution is 0.759. The van der Waals surface area contributed by atoms with E-state index in [9.17, 15) is 0 Å². The molecule has 0 fully saturated rings. The highest BCUT2D eigenvalue weighted by Gasteiger charge is 2.46. The molecule has 2 nitrogen and oxygen atoms in total. The summed E-state index contributed by atoms with van der Waals surface area (Å²) in [5.41, 5.74) is 15.1. The summed E-state index contributed by atoms with van der Waals surface area (Å²) < 4.78 is 4.98. The lowest BCUT2D eigenvalue weighted by atomic mass is 9.67. The van der Waals surface area contributed by atoms with Gasteiger partial charge in [0.1, 0.15) is 0 Å². The minimum absolute atomic E-state index is 0. The standard InChI is InChI=1S/C51H36N2.CH4/c1-3-15-37(16-4-1)51(38-17-5-2-6-18-38)45-31-35(33-52-47-23-11-7-19-41(47)42-20-8-12-24-48(42)52)27-29-39(45)40-30-28-36(32-46(40)51)34-53-49-25-13-9-21-43(49)44-22-10-14-26-50(44)53;/h1-32H,33-34H2;1H4. The molecule has 0 spiro atoms. The van der Waals surface area contributed by atoms with Crippen LogP contribution in [0.2, 0.25) is 0 Å². The van der Waals surface area contributed by atoms with Gasteiger partial charge in [-0.1, -0.05) is 177 Å². The van der Waals surface area contributed by atoms with Crippen LogP contribution in [0.25, 0.3) is 54.7 Å². The Balaban J connectivity index is 0.00000361. The van der Waals surface area contributed by atoms with Crippen LogP contribution in [0.15, 0.2) is 194 Å². The van der Waals surface area contributed by atoms with Gasteiger partial charge in [-0.2, -0.15) is 0 Å². The van der Waals surface area contributed by atoms with E-state index in [1.54, 1.807) is 0 Å².